The summed E-state index contributed by atoms with van der Waals surface area (Å²) in [6.45, 7) is 6.48. The molecule has 0 aromatic heterocycles. The number of rotatable bonds is 6. The largest absolute Gasteiger partial charge is 0.507 e. The van der Waals surface area contributed by atoms with Crippen molar-refractivity contribution in [3.63, 3.8) is 0 Å². The van der Waals surface area contributed by atoms with Gasteiger partial charge in [0.25, 0.3) is 0 Å². The Morgan fingerprint density at radius 2 is 1.62 bits per heavy atom. The van der Waals surface area contributed by atoms with Crippen molar-refractivity contribution in [3.05, 3.63) is 28.8 Å². The zero-order valence-corrected chi connectivity index (χ0v) is 10.8. The number of unbranched alkanes of at least 4 members (excludes halogenated alkanes) is 1. The summed E-state index contributed by atoms with van der Waals surface area (Å²) in [5.74, 6) is 0.532. The number of aromatic hydroxyl groups is 1. The summed E-state index contributed by atoms with van der Waals surface area (Å²) in [6, 6.07) is 4.36. The lowest BCUT2D eigenvalue weighted by Gasteiger charge is -2.11. The zero-order chi connectivity index (χ0) is 12.0. The van der Waals surface area contributed by atoms with E-state index in [2.05, 4.69) is 32.9 Å². The highest BCUT2D eigenvalue weighted by Crippen LogP contribution is 2.27. The van der Waals surface area contributed by atoms with Gasteiger partial charge in [0.15, 0.2) is 0 Å². The van der Waals surface area contributed by atoms with Crippen molar-refractivity contribution < 1.29 is 5.11 Å². The average molecular weight is 220 g/mol. The summed E-state index contributed by atoms with van der Waals surface area (Å²) < 4.78 is 0. The topological polar surface area (TPSA) is 20.2 Å². The molecule has 1 N–H and O–H groups in total. The van der Waals surface area contributed by atoms with Crippen molar-refractivity contribution in [1.29, 1.82) is 0 Å². The monoisotopic (exact) mass is 220 g/mol. The molecule has 0 aliphatic heterocycles. The van der Waals surface area contributed by atoms with Crippen molar-refractivity contribution in [2.45, 2.75) is 59.3 Å². The van der Waals surface area contributed by atoms with Gasteiger partial charge in [-0.15, -0.1) is 0 Å². The van der Waals surface area contributed by atoms with Gasteiger partial charge in [0.2, 0.25) is 0 Å². The van der Waals surface area contributed by atoms with Gasteiger partial charge in [0, 0.05) is 0 Å². The fourth-order valence-corrected chi connectivity index (χ4v) is 2.09. The second-order valence-corrected chi connectivity index (χ2v) is 4.47. The van der Waals surface area contributed by atoms with Crippen LogP contribution >= 0.6 is 0 Å². The Morgan fingerprint density at radius 3 is 2.19 bits per heavy atom. The van der Waals surface area contributed by atoms with Crippen LogP contribution in [0.5, 0.6) is 5.75 Å². The van der Waals surface area contributed by atoms with Gasteiger partial charge in [-0.25, -0.2) is 0 Å². The third-order valence-electron chi connectivity index (χ3n) is 3.05. The first-order valence-corrected chi connectivity index (χ1v) is 6.56. The predicted molar refractivity (Wildman–Crippen MR) is 70.1 cm³/mol. The summed E-state index contributed by atoms with van der Waals surface area (Å²) >= 11 is 0. The number of aryl methyl sites for hydroxylation is 3. The van der Waals surface area contributed by atoms with Crippen LogP contribution in [0.3, 0.4) is 0 Å². The summed E-state index contributed by atoms with van der Waals surface area (Å²) in [6.07, 6.45) is 6.60. The molecule has 0 amide bonds. The summed E-state index contributed by atoms with van der Waals surface area (Å²) in [5, 5.41) is 10.1. The van der Waals surface area contributed by atoms with Gasteiger partial charge in [-0.1, -0.05) is 45.7 Å². The molecule has 1 aromatic carbocycles. The maximum Gasteiger partial charge on any atom is 0.121 e. The molecule has 0 saturated heterocycles. The van der Waals surface area contributed by atoms with Crippen molar-refractivity contribution in [1.82, 2.24) is 0 Å². The molecule has 0 bridgehead atoms. The molecule has 0 heterocycles. The lowest BCUT2D eigenvalue weighted by molar-refractivity contribution is 0.460. The second-order valence-electron chi connectivity index (χ2n) is 4.47. The van der Waals surface area contributed by atoms with E-state index in [0.29, 0.717) is 5.75 Å². The normalized spacial score (nSPS) is 10.7. The minimum atomic E-state index is 0.532. The van der Waals surface area contributed by atoms with E-state index in [9.17, 15) is 5.11 Å². The molecule has 0 spiro atoms. The number of phenolic OH excluding ortho intramolecular Hbond substituents is 1. The number of hydrogen-bond acceptors (Lipinski definition) is 1. The Morgan fingerprint density at radius 1 is 0.938 bits per heavy atom. The molecule has 0 unspecified atom stereocenters. The third kappa shape index (κ3) is 3.26. The van der Waals surface area contributed by atoms with Crippen LogP contribution in [0.15, 0.2) is 12.1 Å². The van der Waals surface area contributed by atoms with E-state index in [1.54, 1.807) is 0 Å². The molecule has 16 heavy (non-hydrogen) atoms. The Hall–Kier alpha value is -0.980. The standard InChI is InChI=1S/C15H24O/c1-4-7-9-12-10-13(6-3)15(16)14(11-12)8-5-2/h10-11,16H,4-9H2,1-3H3. The number of phenols is 1. The quantitative estimate of drug-likeness (QED) is 0.760. The molecule has 0 atom stereocenters. The fourth-order valence-electron chi connectivity index (χ4n) is 2.09. The van der Waals surface area contributed by atoms with Crippen LogP contribution < -0.4 is 0 Å². The van der Waals surface area contributed by atoms with Crippen LogP contribution in [0.2, 0.25) is 0 Å². The van der Waals surface area contributed by atoms with Crippen LogP contribution in [0.1, 0.15) is 56.7 Å². The average Bonchev–Trinajstić information content (AvgIpc) is 2.30. The second kappa shape index (κ2) is 6.57. The van der Waals surface area contributed by atoms with Crippen LogP contribution in [0, 0.1) is 0 Å². The SMILES string of the molecule is CCCCc1cc(CC)c(O)c(CCC)c1. The van der Waals surface area contributed by atoms with Crippen LogP contribution in [-0.4, -0.2) is 5.11 Å². The van der Waals surface area contributed by atoms with Crippen molar-refractivity contribution in [2.75, 3.05) is 0 Å². The maximum atomic E-state index is 10.1. The van der Waals surface area contributed by atoms with E-state index >= 15 is 0 Å². The molecule has 0 aliphatic rings. The van der Waals surface area contributed by atoms with Crippen LogP contribution in [-0.2, 0) is 19.3 Å². The summed E-state index contributed by atoms with van der Waals surface area (Å²) in [7, 11) is 0. The lowest BCUT2D eigenvalue weighted by atomic mass is 9.97. The zero-order valence-electron chi connectivity index (χ0n) is 10.8. The molecule has 0 radical (unpaired) electrons. The van der Waals surface area contributed by atoms with Crippen molar-refractivity contribution in [3.8, 4) is 5.75 Å². The first-order valence-electron chi connectivity index (χ1n) is 6.56. The van der Waals surface area contributed by atoms with Gasteiger partial charge >= 0.3 is 0 Å². The Bertz CT molecular complexity index is 328. The first-order chi connectivity index (χ1) is 7.72. The van der Waals surface area contributed by atoms with E-state index in [0.717, 1.165) is 36.8 Å². The summed E-state index contributed by atoms with van der Waals surface area (Å²) in [5.41, 5.74) is 3.63. The van der Waals surface area contributed by atoms with E-state index in [-0.39, 0.29) is 0 Å². The molecule has 90 valence electrons. The highest BCUT2D eigenvalue weighted by molar-refractivity contribution is 5.44. The van der Waals surface area contributed by atoms with Crippen molar-refractivity contribution >= 4 is 0 Å². The molecule has 1 heteroatoms. The molecule has 1 nitrogen and oxygen atoms in total. The predicted octanol–water partition coefficient (Wildman–Crippen LogP) is 4.25. The molecule has 1 aromatic rings. The Labute approximate surface area is 99.5 Å². The number of hydrogen-bond donors (Lipinski definition) is 1. The van der Waals surface area contributed by atoms with Crippen LogP contribution in [0.25, 0.3) is 0 Å². The highest BCUT2D eigenvalue weighted by atomic mass is 16.3. The molecule has 1 rings (SSSR count). The van der Waals surface area contributed by atoms with Gasteiger partial charge in [0.05, 0.1) is 0 Å². The minimum absolute atomic E-state index is 0.532. The van der Waals surface area contributed by atoms with Crippen LogP contribution in [0.4, 0.5) is 0 Å². The Balaban J connectivity index is 2.97. The van der Waals surface area contributed by atoms with E-state index < -0.39 is 0 Å². The van der Waals surface area contributed by atoms with Crippen molar-refractivity contribution in [2.24, 2.45) is 0 Å². The number of benzene rings is 1. The lowest BCUT2D eigenvalue weighted by Crippen LogP contribution is -1.95. The highest BCUT2D eigenvalue weighted by Gasteiger charge is 2.07. The van der Waals surface area contributed by atoms with E-state index in [1.165, 1.54) is 18.4 Å². The fraction of sp³-hybridized carbons (Fsp3) is 0.600. The molecule has 0 saturated carbocycles. The van der Waals surface area contributed by atoms with Gasteiger partial charge in [-0.3, -0.25) is 0 Å². The summed E-state index contributed by atoms with van der Waals surface area (Å²) in [4.78, 5) is 0. The molecule has 0 aliphatic carbocycles. The van der Waals surface area contributed by atoms with Gasteiger partial charge in [-0.2, -0.15) is 0 Å². The first kappa shape index (κ1) is 13.1. The smallest absolute Gasteiger partial charge is 0.121 e. The minimum Gasteiger partial charge on any atom is -0.507 e. The van der Waals surface area contributed by atoms with Gasteiger partial charge in [0.1, 0.15) is 5.75 Å². The third-order valence-corrected chi connectivity index (χ3v) is 3.05. The Kier molecular flexibility index (Phi) is 5.37. The van der Waals surface area contributed by atoms with E-state index in [1.807, 2.05) is 0 Å². The molecular weight excluding hydrogens is 196 g/mol. The van der Waals surface area contributed by atoms with Gasteiger partial charge < -0.3 is 5.11 Å². The van der Waals surface area contributed by atoms with Gasteiger partial charge in [-0.05, 0) is 42.4 Å². The molecule has 0 fully saturated rings. The molecular formula is C15H24O. The maximum absolute atomic E-state index is 10.1. The van der Waals surface area contributed by atoms with E-state index in [4.69, 9.17) is 0 Å².